The third kappa shape index (κ3) is 2.97. The molecule has 0 radical (unpaired) electrons. The second-order valence-electron chi connectivity index (χ2n) is 5.26. The van der Waals surface area contributed by atoms with Crippen molar-refractivity contribution in [3.63, 3.8) is 0 Å². The van der Waals surface area contributed by atoms with Gasteiger partial charge in [-0.25, -0.2) is 9.97 Å². The molecule has 2 heterocycles. The number of rotatable bonds is 3. The first-order valence-electron chi connectivity index (χ1n) is 7.09. The number of pyridine rings is 1. The zero-order valence-electron chi connectivity index (χ0n) is 12.2. The molecule has 0 aliphatic heterocycles. The van der Waals surface area contributed by atoms with Gasteiger partial charge in [-0.15, -0.1) is 0 Å². The predicted octanol–water partition coefficient (Wildman–Crippen LogP) is 4.33. The molecule has 2 aromatic heterocycles. The van der Waals surface area contributed by atoms with Gasteiger partial charge in [0.05, 0.1) is 5.69 Å². The molecule has 0 N–H and O–H groups in total. The fraction of sp³-hybridized carbons (Fsp3) is 0.167. The molecule has 0 saturated carbocycles. The van der Waals surface area contributed by atoms with E-state index in [0.717, 1.165) is 28.3 Å². The predicted molar refractivity (Wildman–Crippen MR) is 84.8 cm³/mol. The zero-order valence-corrected chi connectivity index (χ0v) is 12.2. The second-order valence-corrected chi connectivity index (χ2v) is 5.26. The molecule has 0 atom stereocenters. The van der Waals surface area contributed by atoms with Crippen molar-refractivity contribution in [3.8, 4) is 22.6 Å². The molecule has 3 nitrogen and oxygen atoms in total. The van der Waals surface area contributed by atoms with Crippen LogP contribution in [-0.4, -0.2) is 15.0 Å². The summed E-state index contributed by atoms with van der Waals surface area (Å²) in [6, 6.07) is 16.2. The number of aromatic nitrogens is 3. The van der Waals surface area contributed by atoms with Crippen molar-refractivity contribution < 1.29 is 0 Å². The average molecular weight is 275 g/mol. The Morgan fingerprint density at radius 2 is 1.52 bits per heavy atom. The molecule has 0 bridgehead atoms. The summed E-state index contributed by atoms with van der Waals surface area (Å²) >= 11 is 0. The number of nitrogens with zero attached hydrogens (tertiary/aromatic N) is 3. The molecule has 3 heteroatoms. The Bertz CT molecular complexity index is 664. The SMILES string of the molecule is CC(C)c1cc(-c2ccccc2)nc(-c2ccncc2)n1. The Morgan fingerprint density at radius 1 is 0.810 bits per heavy atom. The Hall–Kier alpha value is -2.55. The van der Waals surface area contributed by atoms with Gasteiger partial charge in [0.15, 0.2) is 5.82 Å². The van der Waals surface area contributed by atoms with Crippen LogP contribution in [0.2, 0.25) is 0 Å². The molecular formula is C18H17N3. The van der Waals surface area contributed by atoms with Crippen molar-refractivity contribution in [2.24, 2.45) is 0 Å². The highest BCUT2D eigenvalue weighted by atomic mass is 14.9. The molecule has 0 spiro atoms. The van der Waals surface area contributed by atoms with E-state index in [1.54, 1.807) is 12.4 Å². The minimum Gasteiger partial charge on any atom is -0.265 e. The normalized spacial score (nSPS) is 10.8. The van der Waals surface area contributed by atoms with Crippen LogP contribution in [0, 0.1) is 0 Å². The van der Waals surface area contributed by atoms with Gasteiger partial charge in [-0.2, -0.15) is 0 Å². The van der Waals surface area contributed by atoms with Crippen molar-refractivity contribution >= 4 is 0 Å². The Morgan fingerprint density at radius 3 is 2.19 bits per heavy atom. The first-order chi connectivity index (χ1) is 10.2. The van der Waals surface area contributed by atoms with Gasteiger partial charge in [-0.05, 0) is 24.1 Å². The molecule has 21 heavy (non-hydrogen) atoms. The number of hydrogen-bond acceptors (Lipinski definition) is 3. The molecular weight excluding hydrogens is 258 g/mol. The molecule has 3 aromatic rings. The first-order valence-corrected chi connectivity index (χ1v) is 7.09. The van der Waals surface area contributed by atoms with Crippen molar-refractivity contribution in [1.29, 1.82) is 0 Å². The lowest BCUT2D eigenvalue weighted by molar-refractivity contribution is 0.818. The topological polar surface area (TPSA) is 38.7 Å². The van der Waals surface area contributed by atoms with E-state index in [1.165, 1.54) is 0 Å². The molecule has 0 amide bonds. The lowest BCUT2D eigenvalue weighted by atomic mass is 10.1. The summed E-state index contributed by atoms with van der Waals surface area (Å²) < 4.78 is 0. The van der Waals surface area contributed by atoms with Crippen molar-refractivity contribution in [2.75, 3.05) is 0 Å². The molecule has 0 aliphatic rings. The first kappa shape index (κ1) is 13.4. The smallest absolute Gasteiger partial charge is 0.160 e. The lowest BCUT2D eigenvalue weighted by Gasteiger charge is -2.10. The van der Waals surface area contributed by atoms with E-state index in [4.69, 9.17) is 4.98 Å². The van der Waals surface area contributed by atoms with Crippen LogP contribution < -0.4 is 0 Å². The summed E-state index contributed by atoms with van der Waals surface area (Å²) in [4.78, 5) is 13.5. The summed E-state index contributed by atoms with van der Waals surface area (Å²) in [7, 11) is 0. The van der Waals surface area contributed by atoms with E-state index in [0.29, 0.717) is 5.92 Å². The van der Waals surface area contributed by atoms with Gasteiger partial charge in [-0.1, -0.05) is 44.2 Å². The summed E-state index contributed by atoms with van der Waals surface area (Å²) in [5.41, 5.74) is 4.11. The summed E-state index contributed by atoms with van der Waals surface area (Å²) in [6.07, 6.45) is 3.53. The molecule has 0 unspecified atom stereocenters. The van der Waals surface area contributed by atoms with Gasteiger partial charge in [0, 0.05) is 29.2 Å². The van der Waals surface area contributed by atoms with Crippen LogP contribution in [0.1, 0.15) is 25.5 Å². The maximum Gasteiger partial charge on any atom is 0.160 e. The van der Waals surface area contributed by atoms with Crippen molar-refractivity contribution in [2.45, 2.75) is 19.8 Å². The van der Waals surface area contributed by atoms with Crippen LogP contribution in [0.3, 0.4) is 0 Å². The molecule has 3 rings (SSSR count). The van der Waals surface area contributed by atoms with Gasteiger partial charge in [-0.3, -0.25) is 4.98 Å². The van der Waals surface area contributed by atoms with E-state index in [9.17, 15) is 0 Å². The van der Waals surface area contributed by atoms with Gasteiger partial charge in [0.2, 0.25) is 0 Å². The zero-order chi connectivity index (χ0) is 14.7. The van der Waals surface area contributed by atoms with Gasteiger partial charge in [0.25, 0.3) is 0 Å². The second kappa shape index (κ2) is 5.83. The highest BCUT2D eigenvalue weighted by Crippen LogP contribution is 2.24. The van der Waals surface area contributed by atoms with Gasteiger partial charge >= 0.3 is 0 Å². The van der Waals surface area contributed by atoms with E-state index in [-0.39, 0.29) is 0 Å². The average Bonchev–Trinajstić information content (AvgIpc) is 2.56. The van der Waals surface area contributed by atoms with E-state index in [1.807, 2.05) is 30.3 Å². The third-order valence-corrected chi connectivity index (χ3v) is 3.35. The highest BCUT2D eigenvalue weighted by molar-refractivity contribution is 5.64. The van der Waals surface area contributed by atoms with Crippen LogP contribution in [0.15, 0.2) is 60.9 Å². The quantitative estimate of drug-likeness (QED) is 0.714. The Balaban J connectivity index is 2.16. The summed E-state index contributed by atoms with van der Waals surface area (Å²) in [6.45, 7) is 4.29. The van der Waals surface area contributed by atoms with Crippen LogP contribution in [-0.2, 0) is 0 Å². The fourth-order valence-corrected chi connectivity index (χ4v) is 2.15. The van der Waals surface area contributed by atoms with Crippen LogP contribution in [0.5, 0.6) is 0 Å². The molecule has 0 saturated heterocycles. The third-order valence-electron chi connectivity index (χ3n) is 3.35. The van der Waals surface area contributed by atoms with Crippen LogP contribution >= 0.6 is 0 Å². The standard InChI is InChI=1S/C18H17N3/c1-13(2)16-12-17(14-6-4-3-5-7-14)21-18(20-16)15-8-10-19-11-9-15/h3-13H,1-2H3. The highest BCUT2D eigenvalue weighted by Gasteiger charge is 2.10. The minimum absolute atomic E-state index is 0.357. The van der Waals surface area contributed by atoms with Crippen molar-refractivity contribution in [3.05, 3.63) is 66.6 Å². The summed E-state index contributed by atoms with van der Waals surface area (Å²) in [5.74, 6) is 1.11. The van der Waals surface area contributed by atoms with Crippen LogP contribution in [0.25, 0.3) is 22.6 Å². The van der Waals surface area contributed by atoms with E-state index < -0.39 is 0 Å². The Kier molecular flexibility index (Phi) is 3.73. The molecule has 0 fully saturated rings. The lowest BCUT2D eigenvalue weighted by Crippen LogP contribution is -2.00. The minimum atomic E-state index is 0.357. The fourth-order valence-electron chi connectivity index (χ4n) is 2.15. The van der Waals surface area contributed by atoms with Gasteiger partial charge < -0.3 is 0 Å². The van der Waals surface area contributed by atoms with Gasteiger partial charge in [0.1, 0.15) is 0 Å². The van der Waals surface area contributed by atoms with Crippen LogP contribution in [0.4, 0.5) is 0 Å². The molecule has 1 aromatic carbocycles. The monoisotopic (exact) mass is 275 g/mol. The maximum absolute atomic E-state index is 4.72. The maximum atomic E-state index is 4.72. The molecule has 104 valence electrons. The largest absolute Gasteiger partial charge is 0.265 e. The number of benzene rings is 1. The van der Waals surface area contributed by atoms with Crippen molar-refractivity contribution in [1.82, 2.24) is 15.0 Å². The van der Waals surface area contributed by atoms with E-state index >= 15 is 0 Å². The molecule has 0 aliphatic carbocycles. The number of hydrogen-bond donors (Lipinski definition) is 0. The van der Waals surface area contributed by atoms with E-state index in [2.05, 4.69) is 42.0 Å². The Labute approximate surface area is 124 Å². The summed E-state index contributed by atoms with van der Waals surface area (Å²) in [5, 5.41) is 0.